The Bertz CT molecular complexity index is 588. The number of benzene rings is 1. The van der Waals surface area contributed by atoms with Gasteiger partial charge >= 0.3 is 0 Å². The molecule has 0 radical (unpaired) electrons. The highest BCUT2D eigenvalue weighted by atomic mass is 32.1. The summed E-state index contributed by atoms with van der Waals surface area (Å²) in [6.07, 6.45) is 0. The molecule has 19 heavy (non-hydrogen) atoms. The standard InChI is InChI=1S/C15H16N2OS/c1-15(2,3)14-17-12(10-19-14)9-18-13-6-4-11(8-16)5-7-13/h4-7,10H,9H2,1-3H3. The second kappa shape index (κ2) is 5.41. The zero-order valence-electron chi connectivity index (χ0n) is 11.3. The molecule has 2 aromatic rings. The number of rotatable bonds is 3. The molecule has 0 unspecified atom stereocenters. The van der Waals surface area contributed by atoms with Crippen LogP contribution in [0.1, 0.15) is 37.0 Å². The van der Waals surface area contributed by atoms with E-state index in [0.717, 1.165) is 16.5 Å². The van der Waals surface area contributed by atoms with E-state index in [0.29, 0.717) is 12.2 Å². The van der Waals surface area contributed by atoms with Crippen molar-refractivity contribution in [3.8, 4) is 11.8 Å². The minimum atomic E-state index is 0.0807. The Morgan fingerprint density at radius 2 is 1.95 bits per heavy atom. The van der Waals surface area contributed by atoms with Crippen molar-refractivity contribution in [3.05, 3.63) is 45.9 Å². The highest BCUT2D eigenvalue weighted by Gasteiger charge is 2.17. The molecule has 0 aliphatic carbocycles. The van der Waals surface area contributed by atoms with Crippen LogP contribution in [0.4, 0.5) is 0 Å². The largest absolute Gasteiger partial charge is 0.487 e. The molecule has 1 heterocycles. The van der Waals surface area contributed by atoms with Gasteiger partial charge < -0.3 is 4.74 Å². The van der Waals surface area contributed by atoms with E-state index in [-0.39, 0.29) is 5.41 Å². The summed E-state index contributed by atoms with van der Waals surface area (Å²) in [5.74, 6) is 0.754. The van der Waals surface area contributed by atoms with Gasteiger partial charge in [0.15, 0.2) is 0 Å². The van der Waals surface area contributed by atoms with Gasteiger partial charge in [-0.05, 0) is 24.3 Å². The molecule has 1 aromatic heterocycles. The van der Waals surface area contributed by atoms with E-state index in [1.165, 1.54) is 0 Å². The van der Waals surface area contributed by atoms with Gasteiger partial charge in [0.05, 0.1) is 22.3 Å². The van der Waals surface area contributed by atoms with Gasteiger partial charge in [-0.3, -0.25) is 0 Å². The second-order valence-electron chi connectivity index (χ2n) is 5.32. The van der Waals surface area contributed by atoms with Crippen LogP contribution in [0.5, 0.6) is 5.75 Å². The number of aromatic nitrogens is 1. The monoisotopic (exact) mass is 272 g/mol. The lowest BCUT2D eigenvalue weighted by atomic mass is 9.98. The first-order chi connectivity index (χ1) is 8.99. The predicted octanol–water partition coefficient (Wildman–Crippen LogP) is 3.89. The molecule has 4 heteroatoms. The van der Waals surface area contributed by atoms with Crippen molar-refractivity contribution in [3.63, 3.8) is 0 Å². The summed E-state index contributed by atoms with van der Waals surface area (Å²) >= 11 is 1.66. The van der Waals surface area contributed by atoms with Crippen LogP contribution in [0.2, 0.25) is 0 Å². The summed E-state index contributed by atoms with van der Waals surface area (Å²) in [5, 5.41) is 11.9. The quantitative estimate of drug-likeness (QED) is 0.851. The first kappa shape index (κ1) is 13.6. The maximum atomic E-state index is 8.72. The lowest BCUT2D eigenvalue weighted by Gasteiger charge is -2.13. The van der Waals surface area contributed by atoms with E-state index in [1.54, 1.807) is 35.6 Å². The fraction of sp³-hybridized carbons (Fsp3) is 0.333. The Labute approximate surface area is 117 Å². The minimum Gasteiger partial charge on any atom is -0.487 e. The van der Waals surface area contributed by atoms with Crippen molar-refractivity contribution in [1.82, 2.24) is 4.98 Å². The summed E-state index contributed by atoms with van der Waals surface area (Å²) in [6.45, 7) is 6.91. The van der Waals surface area contributed by atoms with Gasteiger partial charge in [0.1, 0.15) is 12.4 Å². The Morgan fingerprint density at radius 1 is 1.26 bits per heavy atom. The molecule has 0 fully saturated rings. The van der Waals surface area contributed by atoms with Crippen LogP contribution in [0.3, 0.4) is 0 Å². The molecule has 0 aliphatic heterocycles. The van der Waals surface area contributed by atoms with Gasteiger partial charge in [-0.25, -0.2) is 4.98 Å². The highest BCUT2D eigenvalue weighted by Crippen LogP contribution is 2.26. The van der Waals surface area contributed by atoms with Crippen LogP contribution in [0.15, 0.2) is 29.6 Å². The smallest absolute Gasteiger partial charge is 0.131 e. The minimum absolute atomic E-state index is 0.0807. The Morgan fingerprint density at radius 3 is 2.47 bits per heavy atom. The third-order valence-electron chi connectivity index (χ3n) is 2.56. The molecule has 0 saturated carbocycles. The van der Waals surface area contributed by atoms with Gasteiger partial charge in [0, 0.05) is 10.8 Å². The Balaban J connectivity index is 1.99. The Hall–Kier alpha value is -1.86. The summed E-state index contributed by atoms with van der Waals surface area (Å²) in [7, 11) is 0. The van der Waals surface area contributed by atoms with Crippen molar-refractivity contribution in [1.29, 1.82) is 5.26 Å². The molecule has 0 atom stereocenters. The van der Waals surface area contributed by atoms with E-state index in [9.17, 15) is 0 Å². The number of thiazole rings is 1. The van der Waals surface area contributed by atoms with Crippen LogP contribution < -0.4 is 4.74 Å². The zero-order valence-corrected chi connectivity index (χ0v) is 12.1. The summed E-state index contributed by atoms with van der Waals surface area (Å²) < 4.78 is 5.65. The molecule has 0 aliphatic rings. The normalized spacial score (nSPS) is 11.1. The summed E-state index contributed by atoms with van der Waals surface area (Å²) in [4.78, 5) is 4.57. The number of nitrogens with zero attached hydrogens (tertiary/aromatic N) is 2. The van der Waals surface area contributed by atoms with E-state index in [4.69, 9.17) is 10.00 Å². The zero-order chi connectivity index (χ0) is 13.9. The number of nitriles is 1. The molecular formula is C15H16N2OS. The lowest BCUT2D eigenvalue weighted by molar-refractivity contribution is 0.301. The fourth-order valence-electron chi connectivity index (χ4n) is 1.50. The van der Waals surface area contributed by atoms with Crippen LogP contribution in [0.25, 0.3) is 0 Å². The van der Waals surface area contributed by atoms with Crippen molar-refractivity contribution >= 4 is 11.3 Å². The van der Waals surface area contributed by atoms with Crippen molar-refractivity contribution in [2.24, 2.45) is 0 Å². The molecule has 0 spiro atoms. The molecule has 98 valence electrons. The van der Waals surface area contributed by atoms with Crippen LogP contribution in [0, 0.1) is 11.3 Å². The van der Waals surface area contributed by atoms with E-state index in [2.05, 4.69) is 31.8 Å². The van der Waals surface area contributed by atoms with Gasteiger partial charge in [0.2, 0.25) is 0 Å². The number of ether oxygens (including phenoxy) is 1. The van der Waals surface area contributed by atoms with Crippen molar-refractivity contribution in [2.45, 2.75) is 32.8 Å². The molecular weight excluding hydrogens is 256 g/mol. The van der Waals surface area contributed by atoms with Crippen molar-refractivity contribution < 1.29 is 4.74 Å². The van der Waals surface area contributed by atoms with Gasteiger partial charge in [-0.15, -0.1) is 11.3 Å². The average Bonchev–Trinajstić information content (AvgIpc) is 2.86. The summed E-state index contributed by atoms with van der Waals surface area (Å²) in [5.41, 5.74) is 1.66. The topological polar surface area (TPSA) is 45.9 Å². The van der Waals surface area contributed by atoms with E-state index >= 15 is 0 Å². The SMILES string of the molecule is CC(C)(C)c1nc(COc2ccc(C#N)cc2)cs1. The molecule has 0 saturated heterocycles. The molecule has 2 rings (SSSR count). The lowest BCUT2D eigenvalue weighted by Crippen LogP contribution is -2.10. The molecule has 3 nitrogen and oxygen atoms in total. The van der Waals surface area contributed by atoms with Crippen molar-refractivity contribution in [2.75, 3.05) is 0 Å². The average molecular weight is 272 g/mol. The third kappa shape index (κ3) is 3.55. The van der Waals surface area contributed by atoms with E-state index in [1.807, 2.05) is 5.38 Å². The van der Waals surface area contributed by atoms with Gasteiger partial charge in [-0.2, -0.15) is 5.26 Å². The second-order valence-corrected chi connectivity index (χ2v) is 6.18. The number of hydrogen-bond acceptors (Lipinski definition) is 4. The third-order valence-corrected chi connectivity index (χ3v) is 3.88. The maximum Gasteiger partial charge on any atom is 0.131 e. The molecule has 1 aromatic carbocycles. The first-order valence-electron chi connectivity index (χ1n) is 6.07. The molecule has 0 amide bonds. The molecule has 0 N–H and O–H groups in total. The summed E-state index contributed by atoms with van der Waals surface area (Å²) in [6, 6.07) is 9.18. The van der Waals surface area contributed by atoms with Crippen LogP contribution in [-0.2, 0) is 12.0 Å². The first-order valence-corrected chi connectivity index (χ1v) is 6.95. The fourth-order valence-corrected chi connectivity index (χ4v) is 2.39. The predicted molar refractivity (Wildman–Crippen MR) is 76.3 cm³/mol. The van der Waals surface area contributed by atoms with Crippen LogP contribution in [-0.4, -0.2) is 4.98 Å². The van der Waals surface area contributed by atoms with Gasteiger partial charge in [-0.1, -0.05) is 20.8 Å². The molecule has 0 bridgehead atoms. The number of hydrogen-bond donors (Lipinski definition) is 0. The Kier molecular flexibility index (Phi) is 3.87. The van der Waals surface area contributed by atoms with Gasteiger partial charge in [0.25, 0.3) is 0 Å². The maximum absolute atomic E-state index is 8.72. The van der Waals surface area contributed by atoms with E-state index < -0.39 is 0 Å². The highest BCUT2D eigenvalue weighted by molar-refractivity contribution is 7.09. The van der Waals surface area contributed by atoms with Crippen LogP contribution >= 0.6 is 11.3 Å².